The van der Waals surface area contributed by atoms with Gasteiger partial charge in [0, 0.05) is 12.4 Å². The smallest absolute Gasteiger partial charge is 0.0753 e. The molecule has 0 fully saturated rings. The van der Waals surface area contributed by atoms with E-state index in [0.29, 0.717) is 0 Å². The summed E-state index contributed by atoms with van der Waals surface area (Å²) >= 11 is 1.41. The molecule has 93 valence electrons. The van der Waals surface area contributed by atoms with Crippen LogP contribution in [0, 0.1) is 6.42 Å². The monoisotopic (exact) mass is 266 g/mol. The number of aromatic nitrogens is 3. The molecule has 4 heteroatoms. The molecule has 0 bridgehead atoms. The van der Waals surface area contributed by atoms with Crippen molar-refractivity contribution in [1.82, 2.24) is 14.6 Å². The fourth-order valence-corrected chi connectivity index (χ4v) is 2.35. The highest BCUT2D eigenvalue weighted by Crippen LogP contribution is 2.22. The van der Waals surface area contributed by atoms with E-state index < -0.39 is 0 Å². The average molecular weight is 266 g/mol. The van der Waals surface area contributed by atoms with E-state index in [4.69, 9.17) is 0 Å². The summed E-state index contributed by atoms with van der Waals surface area (Å²) in [6.07, 6.45) is 8.58. The zero-order chi connectivity index (χ0) is 12.9. The van der Waals surface area contributed by atoms with Crippen LogP contribution in [0.1, 0.15) is 11.1 Å². The Hall–Kier alpha value is -2.07. The van der Waals surface area contributed by atoms with Crippen molar-refractivity contribution in [3.63, 3.8) is 0 Å². The highest BCUT2D eigenvalue weighted by Gasteiger charge is 2.01. The summed E-state index contributed by atoms with van der Waals surface area (Å²) in [5.74, 6) is 0. The summed E-state index contributed by atoms with van der Waals surface area (Å²) in [5, 5.41) is 3.85. The largest absolute Gasteiger partial charge is 0.264 e. The van der Waals surface area contributed by atoms with Gasteiger partial charge in [-0.1, -0.05) is 34.8 Å². The Bertz CT molecular complexity index is 618. The van der Waals surface area contributed by atoms with Gasteiger partial charge in [-0.15, -0.1) is 5.10 Å². The molecule has 0 atom stereocenters. The van der Waals surface area contributed by atoms with Crippen LogP contribution >= 0.6 is 11.5 Å². The first kappa shape index (κ1) is 12.0. The average Bonchev–Trinajstić information content (AvgIpc) is 3.01. The van der Waals surface area contributed by atoms with Crippen LogP contribution in [-0.2, 0) is 6.42 Å². The number of rotatable bonds is 4. The summed E-state index contributed by atoms with van der Waals surface area (Å²) in [7, 11) is 0. The van der Waals surface area contributed by atoms with Crippen molar-refractivity contribution in [2.45, 2.75) is 6.42 Å². The maximum absolute atomic E-state index is 4.11. The molecule has 0 amide bonds. The summed E-state index contributed by atoms with van der Waals surface area (Å²) in [6, 6.07) is 12.5. The Morgan fingerprint density at radius 1 is 1.05 bits per heavy atom. The fraction of sp³-hybridized carbons (Fsp3) is 0.0667. The number of hydrogen-bond donors (Lipinski definition) is 0. The van der Waals surface area contributed by atoms with Crippen LogP contribution in [0.25, 0.3) is 10.4 Å². The zero-order valence-corrected chi connectivity index (χ0v) is 11.0. The zero-order valence-electron chi connectivity index (χ0n) is 10.2. The minimum atomic E-state index is 0.898. The third-order valence-electron chi connectivity index (χ3n) is 2.85. The lowest BCUT2D eigenvalue weighted by molar-refractivity contribution is 1.13. The third-order valence-corrected chi connectivity index (χ3v) is 3.57. The third kappa shape index (κ3) is 3.03. The molecule has 0 aliphatic rings. The maximum Gasteiger partial charge on any atom is 0.0753 e. The van der Waals surface area contributed by atoms with Crippen LogP contribution < -0.4 is 0 Å². The van der Waals surface area contributed by atoms with Crippen molar-refractivity contribution in [1.29, 1.82) is 0 Å². The van der Waals surface area contributed by atoms with Crippen LogP contribution in [0.4, 0.5) is 0 Å². The molecule has 2 aromatic heterocycles. The SMILES string of the molecule is [CH](Cc1cccnc1)c1ccc(-c2cnns2)cc1. The number of nitrogens with zero attached hydrogens (tertiary/aromatic N) is 3. The van der Waals surface area contributed by atoms with Crippen LogP contribution in [0.15, 0.2) is 55.0 Å². The summed E-state index contributed by atoms with van der Waals surface area (Å²) < 4.78 is 3.87. The van der Waals surface area contributed by atoms with Gasteiger partial charge in [0.2, 0.25) is 0 Å². The molecular formula is C15H12N3S. The van der Waals surface area contributed by atoms with Gasteiger partial charge in [-0.05, 0) is 47.1 Å². The second-order valence-corrected chi connectivity index (χ2v) is 4.96. The molecule has 2 heterocycles. The van der Waals surface area contributed by atoms with Crippen molar-refractivity contribution in [3.8, 4) is 10.4 Å². The minimum Gasteiger partial charge on any atom is -0.264 e. The van der Waals surface area contributed by atoms with Gasteiger partial charge in [-0.25, -0.2) is 0 Å². The Kier molecular flexibility index (Phi) is 3.61. The predicted octanol–water partition coefficient (Wildman–Crippen LogP) is 3.40. The Labute approximate surface area is 116 Å². The molecule has 1 aromatic carbocycles. The van der Waals surface area contributed by atoms with Gasteiger partial charge in [0.25, 0.3) is 0 Å². The highest BCUT2D eigenvalue weighted by molar-refractivity contribution is 7.09. The molecule has 3 aromatic rings. The van der Waals surface area contributed by atoms with E-state index in [-0.39, 0.29) is 0 Å². The molecule has 0 aliphatic heterocycles. The van der Waals surface area contributed by atoms with E-state index >= 15 is 0 Å². The number of benzene rings is 1. The molecule has 1 radical (unpaired) electrons. The van der Waals surface area contributed by atoms with E-state index in [0.717, 1.165) is 16.9 Å². The molecule has 3 nitrogen and oxygen atoms in total. The van der Waals surface area contributed by atoms with Gasteiger partial charge >= 0.3 is 0 Å². The second-order valence-electron chi connectivity index (χ2n) is 4.17. The van der Waals surface area contributed by atoms with Crippen molar-refractivity contribution < 1.29 is 0 Å². The van der Waals surface area contributed by atoms with Crippen LogP contribution in [0.3, 0.4) is 0 Å². The summed E-state index contributed by atoms with van der Waals surface area (Å²) in [5.41, 5.74) is 3.59. The number of hydrogen-bond acceptors (Lipinski definition) is 4. The van der Waals surface area contributed by atoms with Gasteiger partial charge < -0.3 is 0 Å². The number of pyridine rings is 1. The van der Waals surface area contributed by atoms with Crippen molar-refractivity contribution in [3.05, 3.63) is 72.5 Å². The molecule has 3 rings (SSSR count). The van der Waals surface area contributed by atoms with E-state index in [1.807, 2.05) is 12.3 Å². The van der Waals surface area contributed by atoms with Gasteiger partial charge in [0.1, 0.15) is 0 Å². The predicted molar refractivity (Wildman–Crippen MR) is 76.7 cm³/mol. The maximum atomic E-state index is 4.11. The lowest BCUT2D eigenvalue weighted by Gasteiger charge is -2.02. The lowest BCUT2D eigenvalue weighted by atomic mass is 10.0. The summed E-state index contributed by atoms with van der Waals surface area (Å²) in [6.45, 7) is 0. The molecule has 0 N–H and O–H groups in total. The Morgan fingerprint density at radius 3 is 2.63 bits per heavy atom. The molecule has 0 saturated heterocycles. The van der Waals surface area contributed by atoms with E-state index in [1.54, 1.807) is 12.4 Å². The minimum absolute atomic E-state index is 0.898. The van der Waals surface area contributed by atoms with Crippen molar-refractivity contribution >= 4 is 11.5 Å². The van der Waals surface area contributed by atoms with Gasteiger partial charge in [0.15, 0.2) is 0 Å². The van der Waals surface area contributed by atoms with Gasteiger partial charge in [0.05, 0.1) is 11.1 Å². The Balaban J connectivity index is 1.67. The van der Waals surface area contributed by atoms with E-state index in [1.165, 1.54) is 22.7 Å². The lowest BCUT2D eigenvalue weighted by Crippen LogP contribution is -1.89. The van der Waals surface area contributed by atoms with Crippen LogP contribution in [0.5, 0.6) is 0 Å². The first-order chi connectivity index (χ1) is 9.42. The molecule has 0 aliphatic carbocycles. The van der Waals surface area contributed by atoms with E-state index in [2.05, 4.69) is 51.3 Å². The van der Waals surface area contributed by atoms with Gasteiger partial charge in [-0.3, -0.25) is 4.98 Å². The molecule has 19 heavy (non-hydrogen) atoms. The standard InChI is InChI=1S/C15H12N3S/c1-2-13(10-16-9-1)4-3-12-5-7-14(8-6-12)15-11-17-18-19-15/h1-3,5-11H,4H2. The molecule has 0 spiro atoms. The summed E-state index contributed by atoms with van der Waals surface area (Å²) in [4.78, 5) is 5.21. The van der Waals surface area contributed by atoms with Gasteiger partial charge in [-0.2, -0.15) is 0 Å². The quantitative estimate of drug-likeness (QED) is 0.726. The van der Waals surface area contributed by atoms with E-state index in [9.17, 15) is 0 Å². The molecular weight excluding hydrogens is 254 g/mol. The highest BCUT2D eigenvalue weighted by atomic mass is 32.1. The first-order valence-corrected chi connectivity index (χ1v) is 6.79. The van der Waals surface area contributed by atoms with Crippen LogP contribution in [0.2, 0.25) is 0 Å². The molecule has 0 unspecified atom stereocenters. The molecule has 0 saturated carbocycles. The fourth-order valence-electron chi connectivity index (χ4n) is 1.83. The topological polar surface area (TPSA) is 38.7 Å². The van der Waals surface area contributed by atoms with Crippen molar-refractivity contribution in [2.75, 3.05) is 0 Å². The first-order valence-electron chi connectivity index (χ1n) is 6.02. The van der Waals surface area contributed by atoms with Crippen molar-refractivity contribution in [2.24, 2.45) is 0 Å². The van der Waals surface area contributed by atoms with Crippen LogP contribution in [-0.4, -0.2) is 14.6 Å². The Morgan fingerprint density at radius 2 is 1.95 bits per heavy atom. The second kappa shape index (κ2) is 5.71. The normalized spacial score (nSPS) is 10.5.